The summed E-state index contributed by atoms with van der Waals surface area (Å²) in [6, 6.07) is 11.5. The molecule has 1 saturated carbocycles. The Bertz CT molecular complexity index is 1320. The number of anilines is 1. The number of amides is 1. The summed E-state index contributed by atoms with van der Waals surface area (Å²) in [6.07, 6.45) is 7.15. The van der Waals surface area contributed by atoms with Crippen LogP contribution >= 0.6 is 0 Å². The van der Waals surface area contributed by atoms with Crippen LogP contribution in [0.2, 0.25) is 0 Å². The van der Waals surface area contributed by atoms with E-state index in [9.17, 15) is 4.79 Å². The molecule has 3 aliphatic rings. The maximum atomic E-state index is 13.3. The van der Waals surface area contributed by atoms with Gasteiger partial charge in [-0.3, -0.25) is 9.79 Å². The highest BCUT2D eigenvalue weighted by atomic mass is 16.5. The Morgan fingerprint density at radius 1 is 1.26 bits per heavy atom. The van der Waals surface area contributed by atoms with Crippen molar-refractivity contribution in [2.75, 3.05) is 11.9 Å². The number of rotatable bonds is 3. The zero-order chi connectivity index (χ0) is 23.7. The molecule has 1 N–H and O–H groups in total. The molecule has 2 aliphatic heterocycles. The van der Waals surface area contributed by atoms with E-state index in [1.807, 2.05) is 44.2 Å². The highest BCUT2D eigenvalue weighted by Gasteiger charge is 2.33. The van der Waals surface area contributed by atoms with Gasteiger partial charge in [-0.25, -0.2) is 4.98 Å². The van der Waals surface area contributed by atoms with Gasteiger partial charge in [0, 0.05) is 18.0 Å². The van der Waals surface area contributed by atoms with Crippen molar-refractivity contribution in [2.45, 2.75) is 32.7 Å². The van der Waals surface area contributed by atoms with E-state index in [1.165, 1.54) is 0 Å². The Morgan fingerprint density at radius 2 is 2.12 bits per heavy atom. The van der Waals surface area contributed by atoms with Crippen LogP contribution in [0, 0.1) is 5.92 Å². The molecule has 34 heavy (non-hydrogen) atoms. The number of hydrogen-bond donors (Lipinski definition) is 1. The minimum Gasteiger partial charge on any atom is -0.492 e. The Hall–Kier alpha value is -4.07. The van der Waals surface area contributed by atoms with Crippen molar-refractivity contribution in [3.05, 3.63) is 72.7 Å². The van der Waals surface area contributed by atoms with Gasteiger partial charge < -0.3 is 14.6 Å². The Kier molecular flexibility index (Phi) is 5.79. The zero-order valence-electron chi connectivity index (χ0n) is 19.2. The van der Waals surface area contributed by atoms with Crippen molar-refractivity contribution < 1.29 is 9.53 Å². The molecule has 1 aliphatic carbocycles. The number of hydrogen-bond acceptors (Lipinski definition) is 6. The molecule has 172 valence electrons. The third kappa shape index (κ3) is 4.26. The maximum absolute atomic E-state index is 13.3. The number of aliphatic imine (C=N–C) groups is 1. The SMILES string of the molecule is C=CC(C)=N/C=C(\C)c1ccc2c(c1)C(=O)Nc1cccc(n1)-c1nncn1C1CC(CO2)C1. The maximum Gasteiger partial charge on any atom is 0.260 e. The largest absolute Gasteiger partial charge is 0.492 e. The fourth-order valence-corrected chi connectivity index (χ4v) is 4.18. The highest BCUT2D eigenvalue weighted by Crippen LogP contribution is 2.40. The van der Waals surface area contributed by atoms with Gasteiger partial charge >= 0.3 is 0 Å². The molecule has 2 aromatic heterocycles. The van der Waals surface area contributed by atoms with Gasteiger partial charge in [0.2, 0.25) is 0 Å². The van der Waals surface area contributed by atoms with E-state index in [0.29, 0.717) is 47.2 Å². The molecule has 4 heterocycles. The molecule has 3 aromatic rings. The van der Waals surface area contributed by atoms with Crippen LogP contribution in [0.3, 0.4) is 0 Å². The van der Waals surface area contributed by atoms with Crippen LogP contribution in [-0.2, 0) is 0 Å². The minimum atomic E-state index is -0.287. The van der Waals surface area contributed by atoms with Crippen molar-refractivity contribution in [3.8, 4) is 17.3 Å². The number of aromatic nitrogens is 4. The van der Waals surface area contributed by atoms with E-state index in [1.54, 1.807) is 24.7 Å². The van der Waals surface area contributed by atoms with Crippen LogP contribution in [0.25, 0.3) is 17.1 Å². The van der Waals surface area contributed by atoms with Gasteiger partial charge in [0.25, 0.3) is 5.91 Å². The second-order valence-corrected chi connectivity index (χ2v) is 8.72. The van der Waals surface area contributed by atoms with Gasteiger partial charge in [0.05, 0.1) is 12.2 Å². The molecular weight excluding hydrogens is 428 g/mol. The minimum absolute atomic E-state index is 0.287. The summed E-state index contributed by atoms with van der Waals surface area (Å²) in [7, 11) is 0. The number of pyridine rings is 1. The number of carbonyl (C=O) groups is 1. The van der Waals surface area contributed by atoms with Crippen LogP contribution in [0.5, 0.6) is 5.75 Å². The first-order valence-electron chi connectivity index (χ1n) is 11.3. The Labute approximate surface area is 198 Å². The normalized spacial score (nSPS) is 20.1. The van der Waals surface area contributed by atoms with E-state index in [2.05, 4.69) is 36.6 Å². The summed E-state index contributed by atoms with van der Waals surface area (Å²) in [5.41, 5.74) is 3.77. The fraction of sp³-hybridized carbons (Fsp3) is 0.269. The fourth-order valence-electron chi connectivity index (χ4n) is 4.18. The molecule has 1 fully saturated rings. The molecule has 8 nitrogen and oxygen atoms in total. The molecule has 0 saturated heterocycles. The molecule has 0 atom stereocenters. The molecule has 0 spiro atoms. The lowest BCUT2D eigenvalue weighted by molar-refractivity contribution is 0.101. The van der Waals surface area contributed by atoms with E-state index < -0.39 is 0 Å². The van der Waals surface area contributed by atoms with Crippen molar-refractivity contribution in [1.29, 1.82) is 0 Å². The first-order valence-corrected chi connectivity index (χ1v) is 11.3. The predicted molar refractivity (Wildman–Crippen MR) is 132 cm³/mol. The highest BCUT2D eigenvalue weighted by molar-refractivity contribution is 6.06. The number of benzene rings is 1. The van der Waals surface area contributed by atoms with Crippen molar-refractivity contribution in [3.63, 3.8) is 0 Å². The van der Waals surface area contributed by atoms with E-state index in [0.717, 1.165) is 29.7 Å². The van der Waals surface area contributed by atoms with Gasteiger partial charge in [-0.1, -0.05) is 18.7 Å². The van der Waals surface area contributed by atoms with Crippen LogP contribution in [-0.4, -0.2) is 38.0 Å². The number of allylic oxidation sites excluding steroid dienone is 2. The molecular formula is C26H26N6O2. The lowest BCUT2D eigenvalue weighted by Crippen LogP contribution is -2.31. The van der Waals surface area contributed by atoms with Gasteiger partial charge in [0.1, 0.15) is 23.6 Å². The molecule has 1 amide bonds. The third-order valence-electron chi connectivity index (χ3n) is 6.31. The zero-order valence-corrected chi connectivity index (χ0v) is 19.2. The van der Waals surface area contributed by atoms with E-state index in [4.69, 9.17) is 4.74 Å². The van der Waals surface area contributed by atoms with Crippen LogP contribution in [0.4, 0.5) is 5.82 Å². The topological polar surface area (TPSA) is 94.3 Å². The van der Waals surface area contributed by atoms with E-state index in [-0.39, 0.29) is 5.91 Å². The molecule has 1 aromatic carbocycles. The Morgan fingerprint density at radius 3 is 2.94 bits per heavy atom. The molecule has 4 bridgehead atoms. The number of nitrogens with zero attached hydrogens (tertiary/aromatic N) is 5. The van der Waals surface area contributed by atoms with Gasteiger partial charge in [0.15, 0.2) is 5.82 Å². The molecule has 0 radical (unpaired) electrons. The summed E-state index contributed by atoms with van der Waals surface area (Å²) >= 11 is 0. The van der Waals surface area contributed by atoms with Gasteiger partial charge in [-0.2, -0.15) is 0 Å². The average molecular weight is 455 g/mol. The summed E-state index contributed by atoms with van der Waals surface area (Å²) in [6.45, 7) is 8.12. The lowest BCUT2D eigenvalue weighted by atomic mass is 9.80. The van der Waals surface area contributed by atoms with Crippen LogP contribution in [0.1, 0.15) is 48.7 Å². The quantitative estimate of drug-likeness (QED) is 0.566. The van der Waals surface area contributed by atoms with Crippen LogP contribution in [0.15, 0.2) is 66.6 Å². The second-order valence-electron chi connectivity index (χ2n) is 8.72. The van der Waals surface area contributed by atoms with E-state index >= 15 is 0 Å². The second kappa shape index (κ2) is 9.05. The smallest absolute Gasteiger partial charge is 0.260 e. The molecule has 0 unspecified atom stereocenters. The number of ether oxygens (including phenoxy) is 1. The first-order chi connectivity index (χ1) is 16.5. The molecule has 6 rings (SSSR count). The lowest BCUT2D eigenvalue weighted by Gasteiger charge is -2.36. The standard InChI is InChI=1S/C26H26N6O2/c1-4-17(3)27-13-16(2)19-8-9-23-21(12-19)26(33)30-24-7-5-6-22(29-24)25-31-28-15-32(25)20-10-18(11-20)14-34-23/h4-9,12-13,15,18,20H,1,10-11,14H2,2-3H3,(H,29,30,33)/b16-13+,27-17?. The summed E-state index contributed by atoms with van der Waals surface area (Å²) < 4.78 is 8.22. The van der Waals surface area contributed by atoms with Crippen molar-refractivity contribution in [1.82, 2.24) is 19.7 Å². The van der Waals surface area contributed by atoms with Crippen LogP contribution < -0.4 is 10.1 Å². The average Bonchev–Trinajstić information content (AvgIpc) is 3.30. The summed E-state index contributed by atoms with van der Waals surface area (Å²) in [5, 5.41) is 11.3. The first kappa shape index (κ1) is 21.8. The van der Waals surface area contributed by atoms with Crippen molar-refractivity contribution in [2.24, 2.45) is 10.9 Å². The summed E-state index contributed by atoms with van der Waals surface area (Å²) in [4.78, 5) is 22.3. The number of fused-ring (bicyclic) bond motifs is 2. The monoisotopic (exact) mass is 454 g/mol. The van der Waals surface area contributed by atoms with Gasteiger partial charge in [-0.15, -0.1) is 10.2 Å². The van der Waals surface area contributed by atoms with Gasteiger partial charge in [-0.05, 0) is 74.1 Å². The number of nitrogens with one attached hydrogen (secondary N) is 1. The number of carbonyl (C=O) groups excluding carboxylic acids is 1. The Balaban J connectivity index is 1.53. The van der Waals surface area contributed by atoms with Crippen molar-refractivity contribution >= 4 is 23.0 Å². The molecule has 8 heteroatoms. The summed E-state index contributed by atoms with van der Waals surface area (Å²) in [5.74, 6) is 1.81. The predicted octanol–water partition coefficient (Wildman–Crippen LogP) is 4.94. The third-order valence-corrected chi connectivity index (χ3v) is 6.31.